The minimum atomic E-state index is -1.11. The van der Waals surface area contributed by atoms with Gasteiger partial charge in [-0.25, -0.2) is 4.39 Å². The highest BCUT2D eigenvalue weighted by Gasteiger charge is 2.99. The van der Waals surface area contributed by atoms with Gasteiger partial charge in [0.05, 0.1) is 10.8 Å². The van der Waals surface area contributed by atoms with E-state index >= 15 is 4.39 Å². The summed E-state index contributed by atoms with van der Waals surface area (Å²) in [5.74, 6) is -1.80. The Morgan fingerprint density at radius 2 is 1.39 bits per heavy atom. The van der Waals surface area contributed by atoms with Crippen molar-refractivity contribution in [3.05, 3.63) is 41.5 Å². The fourth-order valence-electron chi connectivity index (χ4n) is 9.49. The number of cyclic esters (lactones) is 2. The van der Waals surface area contributed by atoms with Crippen LogP contribution in [0.25, 0.3) is 0 Å². The number of rotatable bonds is 1. The Bertz CT molecular complexity index is 946. The van der Waals surface area contributed by atoms with Crippen LogP contribution in [-0.2, 0) is 14.3 Å². The molecule has 1 aromatic rings. The van der Waals surface area contributed by atoms with E-state index < -0.39 is 51.4 Å². The summed E-state index contributed by atoms with van der Waals surface area (Å²) < 4.78 is 21.1. The molecule has 2 aliphatic carbocycles. The molecule has 0 radical (unpaired) electrons. The molecule has 3 aliphatic heterocycles. The van der Waals surface area contributed by atoms with Crippen LogP contribution in [0.5, 0.6) is 0 Å². The van der Waals surface area contributed by atoms with Crippen LogP contribution in [-0.4, -0.2) is 24.8 Å². The van der Waals surface area contributed by atoms with Crippen LogP contribution in [0.3, 0.4) is 0 Å². The molecule has 3 heterocycles. The molecule has 0 N–H and O–H groups in total. The summed E-state index contributed by atoms with van der Waals surface area (Å²) in [6, 6.07) is 10.2. The van der Waals surface area contributed by atoms with Gasteiger partial charge in [0, 0.05) is 11.8 Å². The second-order valence-corrected chi connectivity index (χ2v) is 10.0. The minimum absolute atomic E-state index is 0.0337. The highest BCUT2D eigenvalue weighted by atomic mass is 19.1. The number of fused-ring (bicyclic) bond motifs is 4. The van der Waals surface area contributed by atoms with Crippen molar-refractivity contribution in [3.8, 4) is 0 Å². The molecule has 6 rings (SSSR count). The first kappa shape index (κ1) is 17.0. The first-order valence-electron chi connectivity index (χ1n) is 10.4. The van der Waals surface area contributed by atoms with Gasteiger partial charge in [-0.2, -0.15) is 0 Å². The molecule has 7 atom stereocenters. The molecule has 1 aromatic carbocycles. The lowest BCUT2D eigenvalue weighted by atomic mass is 9.23. The quantitative estimate of drug-likeness (QED) is 0.324. The molecule has 3 nitrogen and oxygen atoms in total. The summed E-state index contributed by atoms with van der Waals surface area (Å²) in [6.45, 7) is 8.37. The molecule has 4 fully saturated rings. The van der Waals surface area contributed by atoms with Gasteiger partial charge in [0.25, 0.3) is 0 Å². The van der Waals surface area contributed by atoms with E-state index in [1.165, 1.54) is 0 Å². The number of hydrogen-bond donors (Lipinski definition) is 0. The average Bonchev–Trinajstić information content (AvgIpc) is 3.33. The van der Waals surface area contributed by atoms with Crippen molar-refractivity contribution in [2.75, 3.05) is 0 Å². The Morgan fingerprint density at radius 1 is 0.929 bits per heavy atom. The Balaban J connectivity index is 1.79. The van der Waals surface area contributed by atoms with Gasteiger partial charge in [0.1, 0.15) is 6.17 Å². The van der Waals surface area contributed by atoms with Gasteiger partial charge in [-0.1, -0.05) is 60.8 Å². The van der Waals surface area contributed by atoms with Crippen LogP contribution in [0.1, 0.15) is 40.5 Å². The maximum absolute atomic E-state index is 15.7. The standard InChI is InChI=1S/C23H24BFO3/c1-12-13(2)21(4)23-16-11-10-15(17(16)25)22(23,18(26)28-19(23)27)20(12,3)24(21)14-8-6-5-7-9-14/h5-9,15-17H,10-11H2,1-4H3/t15-,16+,17?,20-,21+,22+,23-. The predicted octanol–water partition coefficient (Wildman–Crippen LogP) is 3.71. The lowest BCUT2D eigenvalue weighted by molar-refractivity contribution is -0.158. The molecule has 144 valence electrons. The first-order valence-corrected chi connectivity index (χ1v) is 10.4. The van der Waals surface area contributed by atoms with Crippen molar-refractivity contribution in [1.82, 2.24) is 0 Å². The van der Waals surface area contributed by atoms with Gasteiger partial charge >= 0.3 is 11.9 Å². The van der Waals surface area contributed by atoms with Crippen molar-refractivity contribution >= 4 is 24.1 Å². The Kier molecular flexibility index (Phi) is 2.71. The third-order valence-corrected chi connectivity index (χ3v) is 10.2. The Labute approximate surface area is 164 Å². The van der Waals surface area contributed by atoms with Gasteiger partial charge in [-0.15, -0.1) is 0 Å². The summed E-state index contributed by atoms with van der Waals surface area (Å²) in [5.41, 5.74) is 1.25. The number of esters is 2. The van der Waals surface area contributed by atoms with E-state index in [2.05, 4.69) is 39.8 Å². The smallest absolute Gasteiger partial charge is 0.321 e. The number of hydrogen-bond acceptors (Lipinski definition) is 3. The second kappa shape index (κ2) is 4.47. The second-order valence-electron chi connectivity index (χ2n) is 10.0. The molecule has 2 saturated heterocycles. The van der Waals surface area contributed by atoms with E-state index in [1.54, 1.807) is 0 Å². The van der Waals surface area contributed by atoms with Crippen LogP contribution in [0.4, 0.5) is 4.39 Å². The first-order chi connectivity index (χ1) is 13.2. The van der Waals surface area contributed by atoms with E-state index in [0.29, 0.717) is 12.8 Å². The molecule has 4 bridgehead atoms. The van der Waals surface area contributed by atoms with E-state index in [9.17, 15) is 9.59 Å². The van der Waals surface area contributed by atoms with E-state index in [-0.39, 0.29) is 6.71 Å². The SMILES string of the molecule is CC1=C(C)[C@@]2(C)B(c3ccccc3)[C@]1(C)[C@@]13C(=O)OC(=O)[C@]12[C@@H]1CC[C@H]3C1F. The van der Waals surface area contributed by atoms with Gasteiger partial charge in [-0.3, -0.25) is 9.59 Å². The topological polar surface area (TPSA) is 43.4 Å². The molecule has 28 heavy (non-hydrogen) atoms. The maximum atomic E-state index is 15.7. The molecule has 2 saturated carbocycles. The van der Waals surface area contributed by atoms with E-state index in [1.807, 2.05) is 18.2 Å². The van der Waals surface area contributed by atoms with Crippen molar-refractivity contribution < 1.29 is 18.7 Å². The molecule has 0 spiro atoms. The number of allylic oxidation sites excluding steroid dienone is 2. The normalized spacial score (nSPS) is 50.5. The van der Waals surface area contributed by atoms with Crippen molar-refractivity contribution in [3.63, 3.8) is 0 Å². The van der Waals surface area contributed by atoms with Gasteiger partial charge in [-0.05, 0) is 37.3 Å². The fraction of sp³-hybridized carbons (Fsp3) is 0.565. The number of halogens is 1. The van der Waals surface area contributed by atoms with Gasteiger partial charge in [0.15, 0.2) is 6.71 Å². The summed E-state index contributed by atoms with van der Waals surface area (Å²) in [5, 5.41) is -1.25. The summed E-state index contributed by atoms with van der Waals surface area (Å²) in [7, 11) is 0. The number of benzene rings is 1. The van der Waals surface area contributed by atoms with Crippen molar-refractivity contribution in [2.45, 2.75) is 57.3 Å². The fourth-order valence-corrected chi connectivity index (χ4v) is 9.49. The lowest BCUT2D eigenvalue weighted by Gasteiger charge is -2.54. The molecule has 1 unspecified atom stereocenters. The predicted molar refractivity (Wildman–Crippen MR) is 104 cm³/mol. The third kappa shape index (κ3) is 1.14. The average molecular weight is 378 g/mol. The number of carbonyl (C=O) groups is 2. The van der Waals surface area contributed by atoms with Crippen molar-refractivity contribution in [1.29, 1.82) is 0 Å². The minimum Gasteiger partial charge on any atom is -0.392 e. The van der Waals surface area contributed by atoms with Crippen LogP contribution >= 0.6 is 0 Å². The van der Waals surface area contributed by atoms with Crippen LogP contribution in [0, 0.1) is 22.7 Å². The molecule has 0 amide bonds. The molecule has 5 aliphatic rings. The Hall–Kier alpha value is -1.91. The zero-order valence-corrected chi connectivity index (χ0v) is 16.7. The summed E-state index contributed by atoms with van der Waals surface area (Å²) in [6.07, 6.45) is 0.219. The molecular formula is C23H24BFO3. The zero-order chi connectivity index (χ0) is 19.9. The van der Waals surface area contributed by atoms with E-state index in [0.717, 1.165) is 16.6 Å². The van der Waals surface area contributed by atoms with Crippen LogP contribution in [0.15, 0.2) is 41.5 Å². The lowest BCUT2D eigenvalue weighted by Crippen LogP contribution is -2.55. The third-order valence-electron chi connectivity index (χ3n) is 10.2. The summed E-state index contributed by atoms with van der Waals surface area (Å²) in [4.78, 5) is 27.1. The van der Waals surface area contributed by atoms with Crippen molar-refractivity contribution in [2.24, 2.45) is 22.7 Å². The highest BCUT2D eigenvalue weighted by molar-refractivity contribution is 6.83. The monoisotopic (exact) mass is 378 g/mol. The van der Waals surface area contributed by atoms with Crippen LogP contribution < -0.4 is 5.46 Å². The highest BCUT2D eigenvalue weighted by Crippen LogP contribution is 2.95. The Morgan fingerprint density at radius 3 is 1.86 bits per heavy atom. The zero-order valence-electron chi connectivity index (χ0n) is 16.7. The number of carbonyl (C=O) groups excluding carboxylic acids is 2. The van der Waals surface area contributed by atoms with Gasteiger partial charge < -0.3 is 4.74 Å². The largest absolute Gasteiger partial charge is 0.392 e. The number of alkyl halides is 1. The molecular weight excluding hydrogens is 354 g/mol. The number of ether oxygens (including phenoxy) is 1. The maximum Gasteiger partial charge on any atom is 0.321 e. The van der Waals surface area contributed by atoms with E-state index in [4.69, 9.17) is 4.74 Å². The molecule has 0 aromatic heterocycles. The molecule has 5 heteroatoms. The van der Waals surface area contributed by atoms with Crippen LogP contribution in [0.2, 0.25) is 10.6 Å². The summed E-state index contributed by atoms with van der Waals surface area (Å²) >= 11 is 0. The van der Waals surface area contributed by atoms with Gasteiger partial charge in [0.2, 0.25) is 0 Å².